The minimum Gasteiger partial charge on any atom is -0.489 e. The van der Waals surface area contributed by atoms with E-state index in [2.05, 4.69) is 21.2 Å². The predicted octanol–water partition coefficient (Wildman–Crippen LogP) is 4.74. The molecule has 1 N–H and O–H groups in total. The number of hydrogen-bond donors (Lipinski definition) is 1. The van der Waals surface area contributed by atoms with Gasteiger partial charge in [0, 0.05) is 17.6 Å². The Kier molecular flexibility index (Phi) is 10.9. The lowest BCUT2D eigenvalue weighted by atomic mass is 10.1. The average molecular weight is 617 g/mol. The highest BCUT2D eigenvalue weighted by Gasteiger charge is 2.30. The second-order valence-electron chi connectivity index (χ2n) is 9.15. The van der Waals surface area contributed by atoms with Gasteiger partial charge in [-0.1, -0.05) is 65.3 Å². The number of benzene rings is 3. The molecule has 0 saturated carbocycles. The first-order valence-electron chi connectivity index (χ1n) is 12.6. The van der Waals surface area contributed by atoms with E-state index in [4.69, 9.17) is 4.74 Å². The van der Waals surface area contributed by atoms with E-state index in [1.165, 1.54) is 4.90 Å². The summed E-state index contributed by atoms with van der Waals surface area (Å²) in [4.78, 5) is 27.8. The van der Waals surface area contributed by atoms with Crippen LogP contribution >= 0.6 is 15.9 Å². The van der Waals surface area contributed by atoms with Crippen LogP contribution in [0.1, 0.15) is 31.4 Å². The van der Waals surface area contributed by atoms with Crippen LogP contribution < -0.4 is 14.4 Å². The third-order valence-corrected chi connectivity index (χ3v) is 7.70. The summed E-state index contributed by atoms with van der Waals surface area (Å²) in [6.07, 6.45) is 1.81. The molecule has 3 aromatic carbocycles. The first-order valence-corrected chi connectivity index (χ1v) is 15.3. The minimum atomic E-state index is -3.81. The Morgan fingerprint density at radius 2 is 1.59 bits per heavy atom. The summed E-state index contributed by atoms with van der Waals surface area (Å²) in [5, 5.41) is 2.82. The quantitative estimate of drug-likeness (QED) is 0.300. The number of sulfonamides is 1. The number of nitrogens with one attached hydrogen (secondary N) is 1. The Morgan fingerprint density at radius 3 is 2.18 bits per heavy atom. The highest BCUT2D eigenvalue weighted by molar-refractivity contribution is 9.10. The lowest BCUT2D eigenvalue weighted by Crippen LogP contribution is -2.51. The van der Waals surface area contributed by atoms with Gasteiger partial charge in [-0.2, -0.15) is 0 Å². The van der Waals surface area contributed by atoms with Crippen LogP contribution in [0.3, 0.4) is 0 Å². The standard InChI is InChI=1S/C29H34BrN3O5S/c1-4-18-31-29(35)22(2)32(19-23-10-12-25(30)13-11-23)28(34)20-33(39(3,36)37)26-14-16-27(17-15-26)38-21-24-8-6-5-7-9-24/h5-17,22H,4,18-21H2,1-3H3,(H,31,35)/t22-/m1/s1. The normalized spacial score (nSPS) is 11.9. The molecule has 0 aliphatic rings. The van der Waals surface area contributed by atoms with Gasteiger partial charge < -0.3 is 15.0 Å². The van der Waals surface area contributed by atoms with Gasteiger partial charge in [0.1, 0.15) is 24.9 Å². The Balaban J connectivity index is 1.80. The van der Waals surface area contributed by atoms with Gasteiger partial charge in [-0.25, -0.2) is 8.42 Å². The van der Waals surface area contributed by atoms with E-state index in [0.29, 0.717) is 24.6 Å². The molecule has 0 spiro atoms. The van der Waals surface area contributed by atoms with Crippen molar-refractivity contribution >= 4 is 43.5 Å². The average Bonchev–Trinajstić information content (AvgIpc) is 2.93. The van der Waals surface area contributed by atoms with Crippen LogP contribution in [0.15, 0.2) is 83.3 Å². The largest absolute Gasteiger partial charge is 0.489 e. The van der Waals surface area contributed by atoms with E-state index >= 15 is 0 Å². The molecule has 0 unspecified atom stereocenters. The van der Waals surface area contributed by atoms with Crippen LogP contribution in [0, 0.1) is 0 Å². The number of amides is 2. The number of carbonyl (C=O) groups is 2. The van der Waals surface area contributed by atoms with Gasteiger partial charge in [-0.05, 0) is 60.9 Å². The van der Waals surface area contributed by atoms with Gasteiger partial charge >= 0.3 is 0 Å². The van der Waals surface area contributed by atoms with Gasteiger partial charge in [0.15, 0.2) is 0 Å². The van der Waals surface area contributed by atoms with Crippen LogP contribution in [0.4, 0.5) is 5.69 Å². The maximum Gasteiger partial charge on any atom is 0.244 e. The van der Waals surface area contributed by atoms with Crippen molar-refractivity contribution in [2.24, 2.45) is 0 Å². The molecule has 8 nitrogen and oxygen atoms in total. The van der Waals surface area contributed by atoms with Crippen molar-refractivity contribution in [2.45, 2.75) is 39.5 Å². The lowest BCUT2D eigenvalue weighted by molar-refractivity contribution is -0.139. The number of rotatable bonds is 13. The molecule has 0 fully saturated rings. The van der Waals surface area contributed by atoms with Crippen LogP contribution in [0.25, 0.3) is 0 Å². The van der Waals surface area contributed by atoms with Crippen molar-refractivity contribution < 1.29 is 22.7 Å². The second-order valence-corrected chi connectivity index (χ2v) is 12.0. The van der Waals surface area contributed by atoms with Crippen LogP contribution in [0.2, 0.25) is 0 Å². The van der Waals surface area contributed by atoms with Crippen LogP contribution in [0.5, 0.6) is 5.75 Å². The van der Waals surface area contributed by atoms with Gasteiger partial charge in [0.25, 0.3) is 0 Å². The number of hydrogen-bond acceptors (Lipinski definition) is 5. The molecule has 0 aliphatic carbocycles. The number of halogens is 1. The van der Waals surface area contributed by atoms with Crippen LogP contribution in [-0.2, 0) is 32.8 Å². The molecule has 0 radical (unpaired) electrons. The number of nitrogens with zero attached hydrogens (tertiary/aromatic N) is 2. The molecule has 208 valence electrons. The summed E-state index contributed by atoms with van der Waals surface area (Å²) < 4.78 is 33.3. The minimum absolute atomic E-state index is 0.149. The Bertz CT molecular complexity index is 1330. The highest BCUT2D eigenvalue weighted by Crippen LogP contribution is 2.23. The smallest absolute Gasteiger partial charge is 0.244 e. The van der Waals surface area contributed by atoms with Gasteiger partial charge in [-0.15, -0.1) is 0 Å². The van der Waals surface area contributed by atoms with Gasteiger partial charge in [-0.3, -0.25) is 13.9 Å². The summed E-state index contributed by atoms with van der Waals surface area (Å²) in [7, 11) is -3.81. The van der Waals surface area contributed by atoms with Gasteiger partial charge in [0.2, 0.25) is 21.8 Å². The zero-order valence-corrected chi connectivity index (χ0v) is 24.7. The number of carbonyl (C=O) groups excluding carboxylic acids is 2. The van der Waals surface area contributed by atoms with Gasteiger partial charge in [0.05, 0.1) is 11.9 Å². The monoisotopic (exact) mass is 615 g/mol. The van der Waals surface area contributed by atoms with Crippen molar-refractivity contribution in [3.63, 3.8) is 0 Å². The zero-order valence-electron chi connectivity index (χ0n) is 22.3. The van der Waals surface area contributed by atoms with Crippen molar-refractivity contribution in [3.8, 4) is 5.75 Å². The van der Waals surface area contributed by atoms with E-state index < -0.39 is 28.5 Å². The molecule has 0 saturated heterocycles. The molecule has 0 aromatic heterocycles. The Hall–Kier alpha value is -3.37. The fourth-order valence-electron chi connectivity index (χ4n) is 3.83. The van der Waals surface area contributed by atoms with E-state index in [1.807, 2.05) is 61.5 Å². The maximum absolute atomic E-state index is 13.6. The molecule has 10 heteroatoms. The molecule has 0 aliphatic heterocycles. The molecular weight excluding hydrogens is 582 g/mol. The fourth-order valence-corrected chi connectivity index (χ4v) is 4.94. The molecule has 3 rings (SSSR count). The molecule has 3 aromatic rings. The lowest BCUT2D eigenvalue weighted by Gasteiger charge is -2.31. The molecule has 1 atom stereocenters. The summed E-state index contributed by atoms with van der Waals surface area (Å²) in [5.41, 5.74) is 2.14. The highest BCUT2D eigenvalue weighted by atomic mass is 79.9. The molecule has 2 amide bonds. The molecular formula is C29H34BrN3O5S. The van der Waals surface area contributed by atoms with E-state index in [0.717, 1.165) is 32.6 Å². The molecule has 0 bridgehead atoms. The summed E-state index contributed by atoms with van der Waals surface area (Å²) >= 11 is 3.40. The third kappa shape index (κ3) is 9.11. The van der Waals surface area contributed by atoms with Crippen molar-refractivity contribution in [1.82, 2.24) is 10.2 Å². The number of anilines is 1. The SMILES string of the molecule is CCCNC(=O)[C@@H](C)N(Cc1ccc(Br)cc1)C(=O)CN(c1ccc(OCc2ccccc2)cc1)S(C)(=O)=O. The molecule has 39 heavy (non-hydrogen) atoms. The topological polar surface area (TPSA) is 96.0 Å². The summed E-state index contributed by atoms with van der Waals surface area (Å²) in [5.74, 6) is -0.222. The second kappa shape index (κ2) is 14.1. The first-order chi connectivity index (χ1) is 18.6. The summed E-state index contributed by atoms with van der Waals surface area (Å²) in [6, 6.07) is 22.8. The van der Waals surface area contributed by atoms with E-state index in [1.54, 1.807) is 31.2 Å². The van der Waals surface area contributed by atoms with Crippen molar-refractivity contribution in [1.29, 1.82) is 0 Å². The van der Waals surface area contributed by atoms with Crippen LogP contribution in [-0.4, -0.2) is 50.5 Å². The maximum atomic E-state index is 13.6. The van der Waals surface area contributed by atoms with Crippen molar-refractivity contribution in [2.75, 3.05) is 23.7 Å². The summed E-state index contributed by atoms with van der Waals surface area (Å²) in [6.45, 7) is 4.14. The Morgan fingerprint density at radius 1 is 0.949 bits per heavy atom. The zero-order chi connectivity index (χ0) is 28.4. The molecule has 0 heterocycles. The first kappa shape index (κ1) is 30.2. The fraction of sp³-hybridized carbons (Fsp3) is 0.310. The van der Waals surface area contributed by atoms with E-state index in [-0.39, 0.29) is 12.5 Å². The van der Waals surface area contributed by atoms with Crippen molar-refractivity contribution in [3.05, 3.63) is 94.5 Å². The third-order valence-electron chi connectivity index (χ3n) is 6.03. The Labute approximate surface area is 239 Å². The van der Waals surface area contributed by atoms with E-state index in [9.17, 15) is 18.0 Å². The number of ether oxygens (including phenoxy) is 1. The predicted molar refractivity (Wildman–Crippen MR) is 157 cm³/mol.